The number of benzene rings is 1. The molecule has 0 atom stereocenters. The van der Waals surface area contributed by atoms with Crippen LogP contribution in [0.1, 0.15) is 37.7 Å². The standard InChI is InChI=1S/C19H29N3O2/c1-21-9-11-22(12-10-21)15-16-5-4-6-17(13-16)20-18(23)14-19(24)7-2-3-8-19/h4-6,13,24H,2-3,7-12,14-15H2,1H3,(H,20,23). The summed E-state index contributed by atoms with van der Waals surface area (Å²) in [5.41, 5.74) is 1.26. The Balaban J connectivity index is 1.53. The van der Waals surface area contributed by atoms with Crippen LogP contribution in [0, 0.1) is 0 Å². The lowest BCUT2D eigenvalue weighted by Gasteiger charge is -2.32. The lowest BCUT2D eigenvalue weighted by atomic mass is 9.97. The molecule has 0 spiro atoms. The van der Waals surface area contributed by atoms with Gasteiger partial charge in [-0.15, -0.1) is 0 Å². The van der Waals surface area contributed by atoms with Crippen LogP contribution in [0.4, 0.5) is 5.69 Å². The summed E-state index contributed by atoms with van der Waals surface area (Å²) in [6.45, 7) is 5.30. The van der Waals surface area contributed by atoms with Gasteiger partial charge < -0.3 is 15.3 Å². The number of likely N-dealkylation sites (N-methyl/N-ethyl adjacent to an activating group) is 1. The Labute approximate surface area is 144 Å². The SMILES string of the molecule is CN1CCN(Cc2cccc(NC(=O)CC3(O)CCCC3)c2)CC1. The van der Waals surface area contributed by atoms with Crippen LogP contribution in [-0.2, 0) is 11.3 Å². The maximum absolute atomic E-state index is 12.2. The van der Waals surface area contributed by atoms with Crippen LogP contribution in [-0.4, -0.2) is 59.6 Å². The minimum atomic E-state index is -0.790. The summed E-state index contributed by atoms with van der Waals surface area (Å²) in [4.78, 5) is 17.0. The molecule has 2 aliphatic rings. The summed E-state index contributed by atoms with van der Waals surface area (Å²) in [5, 5.41) is 13.3. The highest BCUT2D eigenvalue weighted by atomic mass is 16.3. The molecule has 1 amide bonds. The minimum Gasteiger partial charge on any atom is -0.389 e. The molecule has 1 saturated carbocycles. The fraction of sp³-hybridized carbons (Fsp3) is 0.632. The van der Waals surface area contributed by atoms with Gasteiger partial charge in [-0.1, -0.05) is 25.0 Å². The number of hydrogen-bond acceptors (Lipinski definition) is 4. The van der Waals surface area contributed by atoms with Crippen molar-refractivity contribution >= 4 is 11.6 Å². The van der Waals surface area contributed by atoms with E-state index >= 15 is 0 Å². The second-order valence-electron chi connectivity index (χ2n) is 7.44. The molecular weight excluding hydrogens is 302 g/mol. The molecule has 2 fully saturated rings. The summed E-state index contributed by atoms with van der Waals surface area (Å²) in [7, 11) is 2.16. The maximum atomic E-state index is 12.2. The third-order valence-electron chi connectivity index (χ3n) is 5.24. The van der Waals surface area contributed by atoms with Crippen LogP contribution >= 0.6 is 0 Å². The summed E-state index contributed by atoms with van der Waals surface area (Å²) in [6.07, 6.45) is 3.72. The molecule has 0 aromatic heterocycles. The molecule has 5 heteroatoms. The Bertz CT molecular complexity index is 561. The number of amides is 1. The van der Waals surface area contributed by atoms with Gasteiger partial charge in [0.25, 0.3) is 0 Å². The van der Waals surface area contributed by atoms with Crippen molar-refractivity contribution in [1.29, 1.82) is 0 Å². The van der Waals surface area contributed by atoms with E-state index in [4.69, 9.17) is 0 Å². The first-order chi connectivity index (χ1) is 11.5. The molecule has 0 bridgehead atoms. The zero-order chi connectivity index (χ0) is 17.0. The average molecular weight is 331 g/mol. The summed E-state index contributed by atoms with van der Waals surface area (Å²) >= 11 is 0. The molecule has 0 unspecified atom stereocenters. The normalized spacial score (nSPS) is 21.8. The van der Waals surface area contributed by atoms with E-state index in [-0.39, 0.29) is 12.3 Å². The Morgan fingerprint density at radius 3 is 2.62 bits per heavy atom. The zero-order valence-corrected chi connectivity index (χ0v) is 14.6. The van der Waals surface area contributed by atoms with Gasteiger partial charge in [0.1, 0.15) is 0 Å². The van der Waals surface area contributed by atoms with E-state index in [0.717, 1.165) is 64.1 Å². The van der Waals surface area contributed by atoms with E-state index in [1.54, 1.807) is 0 Å². The summed E-state index contributed by atoms with van der Waals surface area (Å²) < 4.78 is 0. The first-order valence-electron chi connectivity index (χ1n) is 9.05. The first-order valence-corrected chi connectivity index (χ1v) is 9.05. The van der Waals surface area contributed by atoms with E-state index in [1.165, 1.54) is 5.56 Å². The molecule has 0 radical (unpaired) electrons. The fourth-order valence-corrected chi connectivity index (χ4v) is 3.73. The second-order valence-corrected chi connectivity index (χ2v) is 7.44. The molecule has 24 heavy (non-hydrogen) atoms. The number of carbonyl (C=O) groups excluding carboxylic acids is 1. The Morgan fingerprint density at radius 2 is 1.92 bits per heavy atom. The fourth-order valence-electron chi connectivity index (χ4n) is 3.73. The van der Waals surface area contributed by atoms with E-state index in [0.29, 0.717) is 0 Å². The van der Waals surface area contributed by atoms with Gasteiger partial charge >= 0.3 is 0 Å². The Morgan fingerprint density at radius 1 is 1.21 bits per heavy atom. The largest absolute Gasteiger partial charge is 0.389 e. The molecule has 1 aliphatic heterocycles. The minimum absolute atomic E-state index is 0.0869. The smallest absolute Gasteiger partial charge is 0.227 e. The molecule has 1 heterocycles. The summed E-state index contributed by atoms with van der Waals surface area (Å²) in [5.74, 6) is -0.0869. The van der Waals surface area contributed by atoms with Crippen molar-refractivity contribution in [2.24, 2.45) is 0 Å². The van der Waals surface area contributed by atoms with Gasteiger partial charge in [-0.3, -0.25) is 9.69 Å². The number of hydrogen-bond donors (Lipinski definition) is 2. The van der Waals surface area contributed by atoms with Crippen LogP contribution in [0.25, 0.3) is 0 Å². The highest BCUT2D eigenvalue weighted by Crippen LogP contribution is 2.32. The second kappa shape index (κ2) is 7.64. The van der Waals surface area contributed by atoms with Crippen molar-refractivity contribution in [1.82, 2.24) is 9.80 Å². The van der Waals surface area contributed by atoms with Gasteiger partial charge in [0.15, 0.2) is 0 Å². The van der Waals surface area contributed by atoms with Gasteiger partial charge in [-0.05, 0) is 37.6 Å². The maximum Gasteiger partial charge on any atom is 0.227 e. The van der Waals surface area contributed by atoms with Gasteiger partial charge in [0, 0.05) is 38.4 Å². The van der Waals surface area contributed by atoms with Gasteiger partial charge in [0.2, 0.25) is 5.91 Å². The lowest BCUT2D eigenvalue weighted by Crippen LogP contribution is -2.43. The lowest BCUT2D eigenvalue weighted by molar-refractivity contribution is -0.120. The van der Waals surface area contributed by atoms with Crippen LogP contribution < -0.4 is 5.32 Å². The molecule has 1 saturated heterocycles. The highest BCUT2D eigenvalue weighted by Gasteiger charge is 2.33. The number of rotatable bonds is 5. The van der Waals surface area contributed by atoms with Gasteiger partial charge in [-0.2, -0.15) is 0 Å². The van der Waals surface area contributed by atoms with Crippen molar-refractivity contribution in [3.05, 3.63) is 29.8 Å². The van der Waals surface area contributed by atoms with Crippen molar-refractivity contribution in [2.75, 3.05) is 38.5 Å². The third kappa shape index (κ3) is 4.79. The predicted octanol–water partition coefficient (Wildman–Crippen LogP) is 2.07. The number of piperazine rings is 1. The zero-order valence-electron chi connectivity index (χ0n) is 14.6. The monoisotopic (exact) mass is 331 g/mol. The van der Waals surface area contributed by atoms with Crippen molar-refractivity contribution in [3.63, 3.8) is 0 Å². The molecule has 1 aliphatic carbocycles. The van der Waals surface area contributed by atoms with Crippen molar-refractivity contribution in [3.8, 4) is 0 Å². The molecule has 3 rings (SSSR count). The molecular formula is C19H29N3O2. The third-order valence-corrected chi connectivity index (χ3v) is 5.24. The number of aliphatic hydroxyl groups is 1. The van der Waals surface area contributed by atoms with Crippen molar-refractivity contribution in [2.45, 2.75) is 44.2 Å². The average Bonchev–Trinajstić information content (AvgIpc) is 2.96. The highest BCUT2D eigenvalue weighted by molar-refractivity contribution is 5.91. The van der Waals surface area contributed by atoms with E-state index < -0.39 is 5.60 Å². The molecule has 2 N–H and O–H groups in total. The van der Waals surface area contributed by atoms with Gasteiger partial charge in [-0.25, -0.2) is 0 Å². The Hall–Kier alpha value is -1.43. The molecule has 1 aromatic rings. The van der Waals surface area contributed by atoms with Crippen molar-refractivity contribution < 1.29 is 9.90 Å². The van der Waals surface area contributed by atoms with E-state index in [9.17, 15) is 9.90 Å². The van der Waals surface area contributed by atoms with Crippen LogP contribution in [0.5, 0.6) is 0 Å². The quantitative estimate of drug-likeness (QED) is 0.867. The number of nitrogens with one attached hydrogen (secondary N) is 1. The predicted molar refractivity (Wildman–Crippen MR) is 95.9 cm³/mol. The molecule has 5 nitrogen and oxygen atoms in total. The van der Waals surface area contributed by atoms with E-state index in [1.807, 2.05) is 12.1 Å². The number of carbonyl (C=O) groups is 1. The van der Waals surface area contributed by atoms with Crippen LogP contribution in [0.15, 0.2) is 24.3 Å². The van der Waals surface area contributed by atoms with Crippen LogP contribution in [0.2, 0.25) is 0 Å². The van der Waals surface area contributed by atoms with Gasteiger partial charge in [0.05, 0.1) is 12.0 Å². The topological polar surface area (TPSA) is 55.8 Å². The summed E-state index contributed by atoms with van der Waals surface area (Å²) in [6, 6.07) is 8.07. The van der Waals surface area contributed by atoms with E-state index in [2.05, 4.69) is 34.3 Å². The van der Waals surface area contributed by atoms with Crippen LogP contribution in [0.3, 0.4) is 0 Å². The molecule has 1 aromatic carbocycles. The number of anilines is 1. The number of nitrogens with zero attached hydrogens (tertiary/aromatic N) is 2. The molecule has 132 valence electrons. The Kier molecular flexibility index (Phi) is 5.54. The first kappa shape index (κ1) is 17.4.